The highest BCUT2D eigenvalue weighted by atomic mass is 19.4. The van der Waals surface area contributed by atoms with Crippen molar-refractivity contribution >= 4 is 17.8 Å². The molecule has 0 spiro atoms. The fourth-order valence-corrected chi connectivity index (χ4v) is 4.43. The third-order valence-corrected chi connectivity index (χ3v) is 6.25. The van der Waals surface area contributed by atoms with Crippen LogP contribution in [0.1, 0.15) is 50.6 Å². The summed E-state index contributed by atoms with van der Waals surface area (Å²) in [6, 6.07) is 10.7. The first-order valence-electron chi connectivity index (χ1n) is 11.4. The largest absolute Gasteiger partial charge is 0.416 e. The zero-order chi connectivity index (χ0) is 26.7. The van der Waals surface area contributed by atoms with Gasteiger partial charge in [0.05, 0.1) is 11.1 Å². The number of hydrogen-bond donors (Lipinski definition) is 3. The second kappa shape index (κ2) is 10.4. The van der Waals surface area contributed by atoms with Gasteiger partial charge in [0.2, 0.25) is 0 Å². The second-order valence-electron chi connectivity index (χ2n) is 8.70. The van der Waals surface area contributed by atoms with Gasteiger partial charge in [-0.25, -0.2) is 4.39 Å². The highest BCUT2D eigenvalue weighted by molar-refractivity contribution is 6.04. The number of carbonyl (C=O) groups is 2. The molecule has 2 heterocycles. The van der Waals surface area contributed by atoms with Crippen molar-refractivity contribution in [1.82, 2.24) is 15.2 Å². The van der Waals surface area contributed by atoms with Crippen molar-refractivity contribution in [2.75, 3.05) is 13.1 Å². The molecule has 3 aromatic rings. The number of pyridine rings is 1. The third-order valence-electron chi connectivity index (χ3n) is 6.25. The fraction of sp³-hybridized carbons (Fsp3) is 0.231. The number of nitrogens with one attached hydrogen (secondary N) is 2. The summed E-state index contributed by atoms with van der Waals surface area (Å²) in [5.41, 5.74) is 5.65. The van der Waals surface area contributed by atoms with Crippen molar-refractivity contribution in [2.45, 2.75) is 24.9 Å². The molecular weight excluding hydrogens is 490 g/mol. The van der Waals surface area contributed by atoms with Gasteiger partial charge in [0.1, 0.15) is 5.82 Å². The summed E-state index contributed by atoms with van der Waals surface area (Å²) in [7, 11) is 0. The zero-order valence-corrected chi connectivity index (χ0v) is 19.5. The number of nitrogens with zero attached hydrogens (tertiary/aromatic N) is 2. The molecule has 4 rings (SSSR count). The summed E-state index contributed by atoms with van der Waals surface area (Å²) in [4.78, 5) is 30.8. The number of guanidine groups is 1. The van der Waals surface area contributed by atoms with Gasteiger partial charge in [-0.1, -0.05) is 18.2 Å². The smallest absolute Gasteiger partial charge is 0.370 e. The molecule has 0 bridgehead atoms. The molecule has 11 heteroatoms. The first-order valence-corrected chi connectivity index (χ1v) is 11.4. The summed E-state index contributed by atoms with van der Waals surface area (Å²) >= 11 is 0. The minimum atomic E-state index is -4.69. The number of halogens is 4. The zero-order valence-electron chi connectivity index (χ0n) is 19.5. The lowest BCUT2D eigenvalue weighted by Crippen LogP contribution is -2.38. The first kappa shape index (κ1) is 25.8. The average Bonchev–Trinajstić information content (AvgIpc) is 2.87. The topological polar surface area (TPSA) is 112 Å². The number of hydrogen-bond acceptors (Lipinski definition) is 4. The van der Waals surface area contributed by atoms with Gasteiger partial charge in [-0.05, 0) is 60.2 Å². The van der Waals surface area contributed by atoms with Crippen LogP contribution in [0.25, 0.3) is 11.1 Å². The van der Waals surface area contributed by atoms with E-state index in [1.54, 1.807) is 29.3 Å². The minimum Gasteiger partial charge on any atom is -0.370 e. The maximum atomic E-state index is 13.8. The van der Waals surface area contributed by atoms with Gasteiger partial charge in [0, 0.05) is 36.6 Å². The molecule has 37 heavy (non-hydrogen) atoms. The second-order valence-corrected chi connectivity index (χ2v) is 8.70. The molecule has 2 aromatic carbocycles. The number of alkyl halides is 3. The molecule has 0 saturated carbocycles. The number of aromatic nitrogens is 1. The Hall–Kier alpha value is -4.28. The van der Waals surface area contributed by atoms with Crippen LogP contribution in [-0.2, 0) is 6.18 Å². The molecule has 1 aliphatic heterocycles. The monoisotopic (exact) mass is 513 g/mol. The maximum Gasteiger partial charge on any atom is 0.416 e. The Morgan fingerprint density at radius 2 is 1.65 bits per heavy atom. The molecule has 4 N–H and O–H groups in total. The molecular formula is C26H23F4N5O2. The highest BCUT2D eigenvalue weighted by Gasteiger charge is 2.37. The van der Waals surface area contributed by atoms with E-state index in [1.165, 1.54) is 30.5 Å². The predicted octanol–water partition coefficient (Wildman–Crippen LogP) is 4.55. The Morgan fingerprint density at radius 1 is 0.973 bits per heavy atom. The molecule has 7 nitrogen and oxygen atoms in total. The molecule has 0 atom stereocenters. The van der Waals surface area contributed by atoms with Crippen LogP contribution in [0, 0.1) is 11.2 Å². The van der Waals surface area contributed by atoms with Crippen molar-refractivity contribution in [3.8, 4) is 11.1 Å². The van der Waals surface area contributed by atoms with Gasteiger partial charge in [0.25, 0.3) is 11.8 Å². The van der Waals surface area contributed by atoms with Crippen LogP contribution in [0.4, 0.5) is 17.6 Å². The van der Waals surface area contributed by atoms with Gasteiger partial charge in [0.15, 0.2) is 5.96 Å². The van der Waals surface area contributed by atoms with E-state index in [-0.39, 0.29) is 35.9 Å². The summed E-state index contributed by atoms with van der Waals surface area (Å²) in [5.74, 6) is -2.70. The van der Waals surface area contributed by atoms with E-state index in [9.17, 15) is 27.2 Å². The van der Waals surface area contributed by atoms with E-state index in [2.05, 4.69) is 4.98 Å². The summed E-state index contributed by atoms with van der Waals surface area (Å²) < 4.78 is 54.8. The van der Waals surface area contributed by atoms with Gasteiger partial charge in [-0.15, -0.1) is 0 Å². The lowest BCUT2D eigenvalue weighted by atomic mass is 9.85. The molecule has 192 valence electrons. The van der Waals surface area contributed by atoms with Crippen LogP contribution in [-0.4, -0.2) is 40.7 Å². The fourth-order valence-electron chi connectivity index (χ4n) is 4.43. The van der Waals surface area contributed by atoms with Crippen molar-refractivity contribution < 1.29 is 27.2 Å². The van der Waals surface area contributed by atoms with Crippen LogP contribution >= 0.6 is 0 Å². The number of nitrogens with two attached hydrogens (primary N) is 1. The van der Waals surface area contributed by atoms with Crippen molar-refractivity contribution in [1.29, 1.82) is 5.41 Å². The van der Waals surface area contributed by atoms with Gasteiger partial charge >= 0.3 is 6.18 Å². The van der Waals surface area contributed by atoms with E-state index >= 15 is 0 Å². The highest BCUT2D eigenvalue weighted by Crippen LogP contribution is 2.39. The lowest BCUT2D eigenvalue weighted by molar-refractivity contribution is -0.138. The number of amides is 2. The van der Waals surface area contributed by atoms with E-state index in [4.69, 9.17) is 11.1 Å². The number of piperidine rings is 1. The van der Waals surface area contributed by atoms with Crippen LogP contribution in [0.5, 0.6) is 0 Å². The number of benzene rings is 2. The Bertz CT molecular complexity index is 1330. The molecule has 1 fully saturated rings. The first-order chi connectivity index (χ1) is 17.5. The molecule has 0 aliphatic carbocycles. The standard InChI is InChI=1S/C26H23F4N5O2/c27-20-4-1-15(2-5-20)18-11-19(14-33-13-18)24(37)35-9-7-16(8-10-35)21-6-3-17(23(36)34-25(31)32)12-22(21)26(28,29)30/h1-6,11-14,16H,7-10H2,(H4,31,32,34,36). The van der Waals surface area contributed by atoms with Crippen LogP contribution < -0.4 is 11.1 Å². The van der Waals surface area contributed by atoms with Gasteiger partial charge < -0.3 is 10.6 Å². The Kier molecular flexibility index (Phi) is 7.23. The Balaban J connectivity index is 1.49. The lowest BCUT2D eigenvalue weighted by Gasteiger charge is -2.33. The average molecular weight is 513 g/mol. The minimum absolute atomic E-state index is 0.0546. The Labute approximate surface area is 209 Å². The normalized spacial score (nSPS) is 14.3. The van der Waals surface area contributed by atoms with E-state index < -0.39 is 29.5 Å². The quantitative estimate of drug-likeness (QED) is 0.270. The predicted molar refractivity (Wildman–Crippen MR) is 128 cm³/mol. The van der Waals surface area contributed by atoms with Gasteiger partial charge in [-0.3, -0.25) is 25.3 Å². The van der Waals surface area contributed by atoms with Crippen LogP contribution in [0.2, 0.25) is 0 Å². The molecule has 1 aliphatic rings. The molecule has 0 unspecified atom stereocenters. The molecule has 2 amide bonds. The van der Waals surface area contributed by atoms with E-state index in [1.807, 2.05) is 5.32 Å². The number of carbonyl (C=O) groups excluding carboxylic acids is 2. The molecule has 1 aromatic heterocycles. The van der Waals surface area contributed by atoms with Crippen molar-refractivity contribution in [3.63, 3.8) is 0 Å². The third kappa shape index (κ3) is 5.93. The van der Waals surface area contributed by atoms with Crippen molar-refractivity contribution in [2.24, 2.45) is 5.73 Å². The summed E-state index contributed by atoms with van der Waals surface area (Å²) in [6.07, 6.45) is -1.09. The Morgan fingerprint density at radius 3 is 2.27 bits per heavy atom. The van der Waals surface area contributed by atoms with Crippen LogP contribution in [0.15, 0.2) is 60.9 Å². The van der Waals surface area contributed by atoms with E-state index in [0.717, 1.165) is 6.07 Å². The molecule has 0 radical (unpaired) electrons. The van der Waals surface area contributed by atoms with Crippen molar-refractivity contribution in [3.05, 3.63) is 89.0 Å². The summed E-state index contributed by atoms with van der Waals surface area (Å²) in [5, 5.41) is 9.08. The maximum absolute atomic E-state index is 13.8. The SMILES string of the molecule is N=C(N)NC(=O)c1ccc(C2CCN(C(=O)c3cncc(-c4ccc(F)cc4)c3)CC2)c(C(F)(F)F)c1. The van der Waals surface area contributed by atoms with Gasteiger partial charge in [-0.2, -0.15) is 13.2 Å². The number of likely N-dealkylation sites (tertiary alicyclic amines) is 1. The number of rotatable bonds is 4. The summed E-state index contributed by atoms with van der Waals surface area (Å²) in [6.45, 7) is 0.488. The molecule has 1 saturated heterocycles. The van der Waals surface area contributed by atoms with Crippen LogP contribution in [0.3, 0.4) is 0 Å². The van der Waals surface area contributed by atoms with E-state index in [0.29, 0.717) is 29.5 Å².